The molecule has 3 rings (SSSR count). The molecule has 1 heterocycles. The third kappa shape index (κ3) is 5.48. The SMILES string of the molecule is CC(Oc1ccc(F)cc1)C(=O)Nc1ccc(S(=O)(=O)Nc2ncccn2)cc1. The van der Waals surface area contributed by atoms with Crippen molar-refractivity contribution >= 4 is 27.6 Å². The Hall–Kier alpha value is -3.53. The Kier molecular flexibility index (Phi) is 6.03. The number of amides is 1. The van der Waals surface area contributed by atoms with Gasteiger partial charge in [-0.2, -0.15) is 0 Å². The largest absolute Gasteiger partial charge is 0.481 e. The first kappa shape index (κ1) is 20.2. The van der Waals surface area contributed by atoms with Gasteiger partial charge in [-0.1, -0.05) is 0 Å². The highest BCUT2D eigenvalue weighted by molar-refractivity contribution is 7.92. The van der Waals surface area contributed by atoms with Gasteiger partial charge in [0.2, 0.25) is 5.95 Å². The first-order valence-corrected chi connectivity index (χ1v) is 9.95. The number of halogens is 1. The van der Waals surface area contributed by atoms with Crippen molar-refractivity contribution in [2.75, 3.05) is 10.0 Å². The van der Waals surface area contributed by atoms with E-state index >= 15 is 0 Å². The molecule has 0 saturated heterocycles. The molecule has 3 aromatic rings. The maximum Gasteiger partial charge on any atom is 0.265 e. The van der Waals surface area contributed by atoms with Gasteiger partial charge in [-0.15, -0.1) is 0 Å². The first-order chi connectivity index (χ1) is 13.8. The topological polar surface area (TPSA) is 110 Å². The van der Waals surface area contributed by atoms with Crippen LogP contribution in [0.5, 0.6) is 5.75 Å². The number of nitrogens with zero attached hydrogens (tertiary/aromatic N) is 2. The lowest BCUT2D eigenvalue weighted by Gasteiger charge is -2.15. The summed E-state index contributed by atoms with van der Waals surface area (Å²) in [6.07, 6.45) is 1.98. The summed E-state index contributed by atoms with van der Waals surface area (Å²) in [6, 6.07) is 12.4. The molecule has 0 aliphatic heterocycles. The van der Waals surface area contributed by atoms with Crippen molar-refractivity contribution in [2.24, 2.45) is 0 Å². The summed E-state index contributed by atoms with van der Waals surface area (Å²) in [5, 5.41) is 2.62. The van der Waals surface area contributed by atoms with Crippen LogP contribution >= 0.6 is 0 Å². The lowest BCUT2D eigenvalue weighted by Crippen LogP contribution is -2.30. The molecule has 10 heteroatoms. The van der Waals surface area contributed by atoms with E-state index in [9.17, 15) is 17.6 Å². The highest BCUT2D eigenvalue weighted by Crippen LogP contribution is 2.18. The van der Waals surface area contributed by atoms with Crippen molar-refractivity contribution in [2.45, 2.75) is 17.9 Å². The van der Waals surface area contributed by atoms with Gasteiger partial charge in [0.05, 0.1) is 4.90 Å². The number of nitrogens with one attached hydrogen (secondary N) is 2. The maximum absolute atomic E-state index is 12.9. The van der Waals surface area contributed by atoms with Crippen molar-refractivity contribution in [3.63, 3.8) is 0 Å². The van der Waals surface area contributed by atoms with Gasteiger partial charge < -0.3 is 10.1 Å². The lowest BCUT2D eigenvalue weighted by atomic mass is 10.3. The number of carbonyl (C=O) groups excluding carboxylic acids is 1. The number of hydrogen-bond donors (Lipinski definition) is 2. The minimum atomic E-state index is -3.86. The fourth-order valence-electron chi connectivity index (χ4n) is 2.26. The summed E-state index contributed by atoms with van der Waals surface area (Å²) >= 11 is 0. The molecule has 0 aliphatic rings. The Labute approximate surface area is 166 Å². The monoisotopic (exact) mass is 416 g/mol. The van der Waals surface area contributed by atoms with Gasteiger partial charge in [-0.05, 0) is 61.5 Å². The molecule has 0 spiro atoms. The van der Waals surface area contributed by atoms with Gasteiger partial charge in [0.15, 0.2) is 6.10 Å². The van der Waals surface area contributed by atoms with Gasteiger partial charge >= 0.3 is 0 Å². The van der Waals surface area contributed by atoms with Crippen molar-refractivity contribution in [1.29, 1.82) is 0 Å². The van der Waals surface area contributed by atoms with Gasteiger partial charge in [0.1, 0.15) is 11.6 Å². The average Bonchev–Trinajstić information content (AvgIpc) is 2.70. The first-order valence-electron chi connectivity index (χ1n) is 8.46. The molecule has 8 nitrogen and oxygen atoms in total. The van der Waals surface area contributed by atoms with Gasteiger partial charge in [0.25, 0.3) is 15.9 Å². The molecule has 2 aromatic carbocycles. The fraction of sp³-hybridized carbons (Fsp3) is 0.105. The van der Waals surface area contributed by atoms with Crippen LogP contribution in [0.25, 0.3) is 0 Å². The summed E-state index contributed by atoms with van der Waals surface area (Å²) in [7, 11) is -3.86. The molecule has 150 valence electrons. The van der Waals surface area contributed by atoms with E-state index in [1.165, 1.54) is 60.9 Å². The quantitative estimate of drug-likeness (QED) is 0.613. The van der Waals surface area contributed by atoms with Crippen molar-refractivity contribution in [3.05, 3.63) is 72.8 Å². The number of hydrogen-bond acceptors (Lipinski definition) is 6. The molecule has 1 aromatic heterocycles. The van der Waals surface area contributed by atoms with E-state index in [2.05, 4.69) is 20.0 Å². The third-order valence-corrected chi connectivity index (χ3v) is 5.06. The normalized spacial score (nSPS) is 12.1. The highest BCUT2D eigenvalue weighted by atomic mass is 32.2. The maximum atomic E-state index is 12.9. The van der Waals surface area contributed by atoms with Gasteiger partial charge in [0, 0.05) is 18.1 Å². The Morgan fingerprint density at radius 3 is 2.28 bits per heavy atom. The summed E-state index contributed by atoms with van der Waals surface area (Å²) < 4.78 is 45.3. The van der Waals surface area contributed by atoms with E-state index in [4.69, 9.17) is 4.74 Å². The van der Waals surface area contributed by atoms with Crippen LogP contribution in [0.1, 0.15) is 6.92 Å². The zero-order valence-corrected chi connectivity index (χ0v) is 16.1. The number of anilines is 2. The number of sulfonamides is 1. The van der Waals surface area contributed by atoms with E-state index < -0.39 is 27.9 Å². The standard InChI is InChI=1S/C19H17FN4O4S/c1-13(28-16-7-3-14(20)4-8-16)18(25)23-15-5-9-17(10-6-15)29(26,27)24-19-21-11-2-12-22-19/h2-13H,1H3,(H,23,25)(H,21,22,24). The predicted molar refractivity (Wildman–Crippen MR) is 104 cm³/mol. The second kappa shape index (κ2) is 8.65. The molecular formula is C19H17FN4O4S. The molecular weight excluding hydrogens is 399 g/mol. The zero-order valence-electron chi connectivity index (χ0n) is 15.2. The van der Waals surface area contributed by atoms with Crippen LogP contribution < -0.4 is 14.8 Å². The highest BCUT2D eigenvalue weighted by Gasteiger charge is 2.17. The van der Waals surface area contributed by atoms with Crippen LogP contribution in [0.3, 0.4) is 0 Å². The van der Waals surface area contributed by atoms with E-state index in [1.807, 2.05) is 0 Å². The lowest BCUT2D eigenvalue weighted by molar-refractivity contribution is -0.122. The molecule has 1 unspecified atom stereocenters. The molecule has 0 fully saturated rings. The van der Waals surface area contributed by atoms with E-state index in [0.717, 1.165) is 0 Å². The Bertz CT molecular complexity index is 1080. The Balaban J connectivity index is 1.62. The Morgan fingerprint density at radius 2 is 1.66 bits per heavy atom. The van der Waals surface area contributed by atoms with Gasteiger partial charge in [-0.3, -0.25) is 4.79 Å². The van der Waals surface area contributed by atoms with Crippen LogP contribution in [0, 0.1) is 5.82 Å². The minimum absolute atomic E-state index is 0.0152. The Morgan fingerprint density at radius 1 is 1.03 bits per heavy atom. The fourth-order valence-corrected chi connectivity index (χ4v) is 3.22. The number of carbonyl (C=O) groups is 1. The molecule has 0 aliphatic carbocycles. The summed E-state index contributed by atoms with van der Waals surface area (Å²) in [5.41, 5.74) is 0.388. The van der Waals surface area contributed by atoms with Crippen LogP contribution in [0.15, 0.2) is 71.9 Å². The molecule has 0 radical (unpaired) electrons. The summed E-state index contributed by atoms with van der Waals surface area (Å²) in [6.45, 7) is 1.54. The van der Waals surface area contributed by atoms with Crippen LogP contribution in [-0.4, -0.2) is 30.4 Å². The smallest absolute Gasteiger partial charge is 0.265 e. The molecule has 0 saturated carbocycles. The van der Waals surface area contributed by atoms with Crippen molar-refractivity contribution in [1.82, 2.24) is 9.97 Å². The van der Waals surface area contributed by atoms with Crippen LogP contribution in [0.4, 0.5) is 16.0 Å². The molecule has 2 N–H and O–H groups in total. The van der Waals surface area contributed by atoms with Crippen LogP contribution in [0.2, 0.25) is 0 Å². The number of ether oxygens (including phenoxy) is 1. The van der Waals surface area contributed by atoms with E-state index in [-0.39, 0.29) is 10.8 Å². The molecule has 29 heavy (non-hydrogen) atoms. The number of aromatic nitrogens is 2. The predicted octanol–water partition coefficient (Wildman–Crippen LogP) is 2.82. The van der Waals surface area contributed by atoms with Gasteiger partial charge in [-0.25, -0.2) is 27.5 Å². The third-order valence-electron chi connectivity index (χ3n) is 3.72. The van der Waals surface area contributed by atoms with Crippen LogP contribution in [-0.2, 0) is 14.8 Å². The molecule has 1 amide bonds. The molecule has 0 bridgehead atoms. The summed E-state index contributed by atoms with van der Waals surface area (Å²) in [5.74, 6) is -0.542. The number of benzene rings is 2. The average molecular weight is 416 g/mol. The second-order valence-corrected chi connectivity index (χ2v) is 7.59. The van der Waals surface area contributed by atoms with E-state index in [1.54, 1.807) is 13.0 Å². The summed E-state index contributed by atoms with van der Waals surface area (Å²) in [4.78, 5) is 19.9. The minimum Gasteiger partial charge on any atom is -0.481 e. The van der Waals surface area contributed by atoms with E-state index in [0.29, 0.717) is 11.4 Å². The van der Waals surface area contributed by atoms with Crippen molar-refractivity contribution < 1.29 is 22.3 Å². The second-order valence-electron chi connectivity index (χ2n) is 5.91. The molecule has 1 atom stereocenters. The number of rotatable bonds is 7. The zero-order chi connectivity index (χ0) is 20.9. The van der Waals surface area contributed by atoms with Crippen molar-refractivity contribution in [3.8, 4) is 5.75 Å².